The van der Waals surface area contributed by atoms with E-state index in [0.29, 0.717) is 5.82 Å². The lowest BCUT2D eigenvalue weighted by atomic mass is 9.95. The molecule has 0 fully saturated rings. The summed E-state index contributed by atoms with van der Waals surface area (Å²) < 4.78 is 13.0. The third kappa shape index (κ3) is 4.67. The van der Waals surface area contributed by atoms with Crippen LogP contribution in [0.25, 0.3) is 100 Å². The fourth-order valence-corrected chi connectivity index (χ4v) is 7.01. The van der Waals surface area contributed by atoms with Crippen LogP contribution in [0.3, 0.4) is 0 Å². The molecule has 0 spiro atoms. The molecule has 6 aromatic carbocycles. The van der Waals surface area contributed by atoms with E-state index in [1.807, 2.05) is 73.1 Å². The molecule has 10 aromatic rings. The molecule has 0 aliphatic heterocycles. The average molecular weight is 642 g/mol. The number of aromatic nitrogens is 3. The second kappa shape index (κ2) is 11.4. The van der Waals surface area contributed by atoms with Crippen LogP contribution in [0.1, 0.15) is 0 Å². The maximum atomic E-state index is 6.69. The van der Waals surface area contributed by atoms with Crippen LogP contribution in [0, 0.1) is 0 Å². The summed E-state index contributed by atoms with van der Waals surface area (Å²) in [6.07, 6.45) is 3.63. The smallest absolute Gasteiger partial charge is 0.160 e. The summed E-state index contributed by atoms with van der Waals surface area (Å²) in [7, 11) is 0. The van der Waals surface area contributed by atoms with E-state index < -0.39 is 0 Å². The van der Waals surface area contributed by atoms with Gasteiger partial charge in [0.1, 0.15) is 22.3 Å². The summed E-state index contributed by atoms with van der Waals surface area (Å²) in [5.74, 6) is 0.660. The normalized spacial score (nSPS) is 11.6. The quantitative estimate of drug-likeness (QED) is 0.187. The lowest BCUT2D eigenvalue weighted by Gasteiger charge is -2.12. The fraction of sp³-hybridized carbons (Fsp3) is 0. The van der Waals surface area contributed by atoms with Crippen LogP contribution in [-0.4, -0.2) is 15.0 Å². The van der Waals surface area contributed by atoms with Gasteiger partial charge in [0, 0.05) is 56.2 Å². The maximum Gasteiger partial charge on any atom is 0.160 e. The summed E-state index contributed by atoms with van der Waals surface area (Å²) in [6.45, 7) is 0. The minimum absolute atomic E-state index is 0.660. The van der Waals surface area contributed by atoms with Crippen LogP contribution in [0.5, 0.6) is 0 Å². The number of hydrogen-bond donors (Lipinski definition) is 0. The molecular weight excluding hydrogens is 615 g/mol. The Kier molecular flexibility index (Phi) is 6.42. The zero-order chi connectivity index (χ0) is 33.0. The molecule has 5 heteroatoms. The molecular formula is C45H27N3O2. The van der Waals surface area contributed by atoms with Crippen molar-refractivity contribution in [2.45, 2.75) is 0 Å². The number of para-hydroxylation sites is 2. The van der Waals surface area contributed by atoms with Crippen LogP contribution < -0.4 is 0 Å². The largest absolute Gasteiger partial charge is 0.456 e. The van der Waals surface area contributed by atoms with E-state index in [2.05, 4.69) is 96.0 Å². The highest BCUT2D eigenvalue weighted by molar-refractivity contribution is 6.16. The van der Waals surface area contributed by atoms with Gasteiger partial charge >= 0.3 is 0 Å². The van der Waals surface area contributed by atoms with E-state index in [4.69, 9.17) is 18.8 Å². The van der Waals surface area contributed by atoms with Gasteiger partial charge in [-0.1, -0.05) is 97.1 Å². The van der Waals surface area contributed by atoms with Gasteiger partial charge in [-0.3, -0.25) is 4.98 Å². The highest BCUT2D eigenvalue weighted by atomic mass is 16.3. The summed E-state index contributed by atoms with van der Waals surface area (Å²) in [5, 5.41) is 4.25. The molecule has 0 atom stereocenters. The fourth-order valence-electron chi connectivity index (χ4n) is 7.01. The Bertz CT molecular complexity index is 2870. The second-order valence-corrected chi connectivity index (χ2v) is 12.4. The zero-order valence-electron chi connectivity index (χ0n) is 26.7. The van der Waals surface area contributed by atoms with Gasteiger partial charge in [0.25, 0.3) is 0 Å². The third-order valence-electron chi connectivity index (χ3n) is 9.42. The van der Waals surface area contributed by atoms with Gasteiger partial charge in [-0.2, -0.15) is 0 Å². The van der Waals surface area contributed by atoms with Crippen molar-refractivity contribution in [1.82, 2.24) is 15.0 Å². The zero-order valence-corrected chi connectivity index (χ0v) is 26.7. The SMILES string of the molecule is c1ccc(-c2nc(-c3cccc(-c4ccncc4)c3)cc(-c3ccc(-c4ccc5c(c4)oc4ccccc45)c4oc5ccccc5c34)n2)cc1. The summed E-state index contributed by atoms with van der Waals surface area (Å²) >= 11 is 0. The second-order valence-electron chi connectivity index (χ2n) is 12.4. The van der Waals surface area contributed by atoms with Gasteiger partial charge in [0.15, 0.2) is 5.82 Å². The molecule has 10 rings (SSSR count). The van der Waals surface area contributed by atoms with Crippen molar-refractivity contribution in [3.63, 3.8) is 0 Å². The Morgan fingerprint density at radius 2 is 1.06 bits per heavy atom. The van der Waals surface area contributed by atoms with E-state index in [1.54, 1.807) is 0 Å². The summed E-state index contributed by atoms with van der Waals surface area (Å²) in [5.41, 5.74) is 12.1. The molecule has 0 N–H and O–H groups in total. The van der Waals surface area contributed by atoms with Crippen molar-refractivity contribution >= 4 is 43.9 Å². The third-order valence-corrected chi connectivity index (χ3v) is 9.42. The first-order valence-corrected chi connectivity index (χ1v) is 16.6. The molecule has 0 aliphatic carbocycles. The lowest BCUT2D eigenvalue weighted by Crippen LogP contribution is -1.96. The van der Waals surface area contributed by atoms with Crippen molar-refractivity contribution in [2.75, 3.05) is 0 Å². The van der Waals surface area contributed by atoms with Crippen molar-refractivity contribution in [3.8, 4) is 56.2 Å². The molecule has 0 amide bonds. The molecule has 0 bridgehead atoms. The number of hydrogen-bond acceptors (Lipinski definition) is 5. The monoisotopic (exact) mass is 641 g/mol. The van der Waals surface area contributed by atoms with Crippen LogP contribution >= 0.6 is 0 Å². The topological polar surface area (TPSA) is 65.0 Å². The number of fused-ring (bicyclic) bond motifs is 6. The Labute approximate surface area is 287 Å². The number of benzene rings is 6. The highest BCUT2D eigenvalue weighted by Gasteiger charge is 2.20. The van der Waals surface area contributed by atoms with E-state index in [-0.39, 0.29) is 0 Å². The number of nitrogens with zero attached hydrogens (tertiary/aromatic N) is 3. The van der Waals surface area contributed by atoms with E-state index in [0.717, 1.165) is 94.2 Å². The number of rotatable bonds is 5. The molecule has 50 heavy (non-hydrogen) atoms. The molecule has 5 nitrogen and oxygen atoms in total. The molecule has 4 heterocycles. The van der Waals surface area contributed by atoms with E-state index >= 15 is 0 Å². The minimum atomic E-state index is 0.660. The Hall–Kier alpha value is -6.85. The Morgan fingerprint density at radius 1 is 0.380 bits per heavy atom. The van der Waals surface area contributed by atoms with Crippen molar-refractivity contribution in [3.05, 3.63) is 164 Å². The van der Waals surface area contributed by atoms with Gasteiger partial charge < -0.3 is 8.83 Å². The molecule has 0 unspecified atom stereocenters. The van der Waals surface area contributed by atoms with Crippen molar-refractivity contribution < 1.29 is 8.83 Å². The molecule has 0 aliphatic rings. The van der Waals surface area contributed by atoms with Crippen LogP contribution in [0.4, 0.5) is 0 Å². The van der Waals surface area contributed by atoms with Gasteiger partial charge in [-0.15, -0.1) is 0 Å². The Morgan fingerprint density at radius 3 is 1.92 bits per heavy atom. The first kappa shape index (κ1) is 28.2. The van der Waals surface area contributed by atoms with Gasteiger partial charge in [-0.25, -0.2) is 9.97 Å². The van der Waals surface area contributed by atoms with E-state index in [9.17, 15) is 0 Å². The van der Waals surface area contributed by atoms with Crippen LogP contribution in [0.15, 0.2) is 173 Å². The van der Waals surface area contributed by atoms with Crippen molar-refractivity contribution in [2.24, 2.45) is 0 Å². The molecule has 4 aromatic heterocycles. The molecule has 0 saturated carbocycles. The van der Waals surface area contributed by atoms with Gasteiger partial charge in [0.2, 0.25) is 0 Å². The predicted octanol–water partition coefficient (Wildman–Crippen LogP) is 12.0. The number of furan rings is 2. The number of pyridine rings is 1. The Balaban J connectivity index is 1.20. The average Bonchev–Trinajstić information content (AvgIpc) is 3.77. The first-order valence-electron chi connectivity index (χ1n) is 16.6. The molecule has 234 valence electrons. The first-order chi connectivity index (χ1) is 24.8. The molecule has 0 saturated heterocycles. The van der Waals surface area contributed by atoms with Crippen LogP contribution in [0.2, 0.25) is 0 Å². The summed E-state index contributed by atoms with van der Waals surface area (Å²) in [4.78, 5) is 14.5. The highest BCUT2D eigenvalue weighted by Crippen LogP contribution is 2.43. The minimum Gasteiger partial charge on any atom is -0.456 e. The van der Waals surface area contributed by atoms with E-state index in [1.165, 1.54) is 0 Å². The molecule has 0 radical (unpaired) electrons. The predicted molar refractivity (Wildman–Crippen MR) is 202 cm³/mol. The van der Waals surface area contributed by atoms with Gasteiger partial charge in [-0.05, 0) is 71.3 Å². The maximum absolute atomic E-state index is 6.69. The lowest BCUT2D eigenvalue weighted by molar-refractivity contribution is 0.668. The van der Waals surface area contributed by atoms with Gasteiger partial charge in [0.05, 0.1) is 11.4 Å². The van der Waals surface area contributed by atoms with Crippen LogP contribution in [-0.2, 0) is 0 Å². The summed E-state index contributed by atoms with van der Waals surface area (Å²) in [6, 6.07) is 51.8. The van der Waals surface area contributed by atoms with Crippen molar-refractivity contribution in [1.29, 1.82) is 0 Å². The standard InChI is InChI=1S/C45H27N3O2/c1-2-9-29(10-3-1)45-47-38(32-12-8-11-30(25-32)28-21-23-46-24-22-28)27-39(48-45)36-20-19-33(44-43(36)37-14-5-7-16-41(37)50-44)31-17-18-35-34-13-4-6-15-40(34)49-42(35)26-31/h1-27H.